The predicted octanol–water partition coefficient (Wildman–Crippen LogP) is 3.15. The fourth-order valence-corrected chi connectivity index (χ4v) is 2.23. The van der Waals surface area contributed by atoms with Crippen LogP contribution < -0.4 is 10.6 Å². The number of anilines is 2. The van der Waals surface area contributed by atoms with E-state index in [0.717, 1.165) is 5.69 Å². The molecule has 1 aromatic heterocycles. The van der Waals surface area contributed by atoms with Crippen molar-refractivity contribution in [3.63, 3.8) is 0 Å². The number of hydrogen-bond donors (Lipinski definition) is 1. The molecule has 3 nitrogen and oxygen atoms in total. The lowest BCUT2D eigenvalue weighted by Gasteiger charge is -2.20. The lowest BCUT2D eigenvalue weighted by Crippen LogP contribution is -2.18. The average Bonchev–Trinajstić information content (AvgIpc) is 2.76. The third kappa shape index (κ3) is 2.68. The highest BCUT2D eigenvalue weighted by atomic mass is 35.5. The normalized spacial score (nSPS) is 10.5. The van der Waals surface area contributed by atoms with Gasteiger partial charge in [0.15, 0.2) is 0 Å². The quantitative estimate of drug-likeness (QED) is 0.872. The van der Waals surface area contributed by atoms with Crippen LogP contribution in [-0.4, -0.2) is 12.0 Å². The molecule has 1 aromatic carbocycles. The first-order valence-corrected chi connectivity index (χ1v) is 6.22. The van der Waals surface area contributed by atoms with E-state index in [-0.39, 0.29) is 5.02 Å². The zero-order chi connectivity index (χ0) is 12.4. The second-order valence-electron chi connectivity index (χ2n) is 3.66. The Morgan fingerprint density at radius 3 is 2.94 bits per heavy atom. The molecule has 1 heterocycles. The van der Waals surface area contributed by atoms with Crippen LogP contribution >= 0.6 is 22.9 Å². The van der Waals surface area contributed by atoms with Crippen LogP contribution in [0.1, 0.15) is 5.69 Å². The highest BCUT2D eigenvalue weighted by molar-refractivity contribution is 7.07. The largest absolute Gasteiger partial charge is 0.397 e. The van der Waals surface area contributed by atoms with Crippen molar-refractivity contribution in [2.75, 3.05) is 17.7 Å². The number of nitrogen functional groups attached to an aromatic ring is 1. The fraction of sp³-hybridized carbons (Fsp3) is 0.182. The van der Waals surface area contributed by atoms with Crippen LogP contribution in [0.25, 0.3) is 0 Å². The van der Waals surface area contributed by atoms with E-state index in [9.17, 15) is 4.39 Å². The molecule has 2 rings (SSSR count). The molecular formula is C11H11ClFN3S. The monoisotopic (exact) mass is 271 g/mol. The van der Waals surface area contributed by atoms with Crippen molar-refractivity contribution >= 4 is 34.3 Å². The van der Waals surface area contributed by atoms with Crippen molar-refractivity contribution in [3.05, 3.63) is 39.6 Å². The number of aromatic nitrogens is 1. The number of nitrogens with zero attached hydrogens (tertiary/aromatic N) is 2. The van der Waals surface area contributed by atoms with Crippen molar-refractivity contribution in [1.29, 1.82) is 0 Å². The van der Waals surface area contributed by atoms with Crippen molar-refractivity contribution in [3.8, 4) is 0 Å². The van der Waals surface area contributed by atoms with Gasteiger partial charge in [-0.15, -0.1) is 11.3 Å². The smallest absolute Gasteiger partial charge is 0.143 e. The Bertz CT molecular complexity index is 516. The molecule has 2 aromatic rings. The minimum absolute atomic E-state index is 0.0688. The standard InChI is InChI=1S/C11H11ClFN3S/c1-16(4-7-5-17-6-15-7)11-2-8(12)9(13)3-10(11)14/h2-3,5-6H,4,14H2,1H3. The summed E-state index contributed by atoms with van der Waals surface area (Å²) in [6, 6.07) is 2.76. The highest BCUT2D eigenvalue weighted by Crippen LogP contribution is 2.29. The molecule has 0 aliphatic heterocycles. The SMILES string of the molecule is CN(Cc1cscn1)c1cc(Cl)c(F)cc1N. The first-order chi connectivity index (χ1) is 8.08. The Hall–Kier alpha value is -1.33. The second kappa shape index (κ2) is 4.89. The molecule has 17 heavy (non-hydrogen) atoms. The van der Waals surface area contributed by atoms with Crippen LogP contribution in [0.5, 0.6) is 0 Å². The van der Waals surface area contributed by atoms with Gasteiger partial charge in [0.25, 0.3) is 0 Å². The maximum atomic E-state index is 13.2. The van der Waals surface area contributed by atoms with E-state index in [1.807, 2.05) is 17.3 Å². The summed E-state index contributed by atoms with van der Waals surface area (Å²) in [6.07, 6.45) is 0. The molecule has 0 amide bonds. The number of rotatable bonds is 3. The van der Waals surface area contributed by atoms with Gasteiger partial charge in [0.05, 0.1) is 34.1 Å². The van der Waals surface area contributed by atoms with E-state index in [2.05, 4.69) is 4.98 Å². The van der Waals surface area contributed by atoms with E-state index in [0.29, 0.717) is 17.9 Å². The zero-order valence-corrected chi connectivity index (χ0v) is 10.7. The van der Waals surface area contributed by atoms with E-state index in [1.165, 1.54) is 23.5 Å². The number of thiazole rings is 1. The molecule has 0 bridgehead atoms. The Balaban J connectivity index is 2.24. The number of halogens is 2. The zero-order valence-electron chi connectivity index (χ0n) is 9.15. The van der Waals surface area contributed by atoms with Crippen molar-refractivity contribution in [2.24, 2.45) is 0 Å². The number of nitrogens with two attached hydrogens (primary N) is 1. The van der Waals surface area contributed by atoms with Gasteiger partial charge in [0, 0.05) is 18.5 Å². The van der Waals surface area contributed by atoms with Crippen molar-refractivity contribution in [2.45, 2.75) is 6.54 Å². The summed E-state index contributed by atoms with van der Waals surface area (Å²) in [5, 5.41) is 2.02. The molecule has 0 spiro atoms. The van der Waals surface area contributed by atoms with Gasteiger partial charge in [0.2, 0.25) is 0 Å². The molecule has 2 N–H and O–H groups in total. The summed E-state index contributed by atoms with van der Waals surface area (Å²) in [7, 11) is 1.86. The van der Waals surface area contributed by atoms with Gasteiger partial charge < -0.3 is 10.6 Å². The summed E-state index contributed by atoms with van der Waals surface area (Å²) >= 11 is 7.27. The van der Waals surface area contributed by atoms with Crippen LogP contribution in [0, 0.1) is 5.82 Å². The van der Waals surface area contributed by atoms with Crippen molar-refractivity contribution < 1.29 is 4.39 Å². The lowest BCUT2D eigenvalue weighted by molar-refractivity contribution is 0.628. The summed E-state index contributed by atoms with van der Waals surface area (Å²) in [5.74, 6) is -0.505. The molecule has 0 radical (unpaired) electrons. The molecule has 0 aliphatic carbocycles. The van der Waals surface area contributed by atoms with Gasteiger partial charge >= 0.3 is 0 Å². The number of hydrogen-bond acceptors (Lipinski definition) is 4. The van der Waals surface area contributed by atoms with Gasteiger partial charge in [-0.2, -0.15) is 0 Å². The topological polar surface area (TPSA) is 42.2 Å². The first kappa shape index (κ1) is 12.1. The third-order valence-corrected chi connectivity index (χ3v) is 3.29. The summed E-state index contributed by atoms with van der Waals surface area (Å²) in [5.41, 5.74) is 9.54. The van der Waals surface area contributed by atoms with Crippen LogP contribution in [0.3, 0.4) is 0 Å². The maximum absolute atomic E-state index is 13.2. The van der Waals surface area contributed by atoms with Crippen LogP contribution in [0.4, 0.5) is 15.8 Å². The summed E-state index contributed by atoms with van der Waals surface area (Å²) < 4.78 is 13.2. The molecule has 0 saturated carbocycles. The minimum atomic E-state index is -0.505. The van der Waals surface area contributed by atoms with E-state index < -0.39 is 5.82 Å². The van der Waals surface area contributed by atoms with Crippen LogP contribution in [-0.2, 0) is 6.54 Å². The molecule has 90 valence electrons. The van der Waals surface area contributed by atoms with Crippen LogP contribution in [0.2, 0.25) is 5.02 Å². The van der Waals surface area contributed by atoms with E-state index in [1.54, 1.807) is 5.51 Å². The third-order valence-electron chi connectivity index (χ3n) is 2.36. The highest BCUT2D eigenvalue weighted by Gasteiger charge is 2.11. The summed E-state index contributed by atoms with van der Waals surface area (Å²) in [4.78, 5) is 6.06. The first-order valence-electron chi connectivity index (χ1n) is 4.90. The Kier molecular flexibility index (Phi) is 3.49. The minimum Gasteiger partial charge on any atom is -0.397 e. The molecular weight excluding hydrogens is 261 g/mol. The lowest BCUT2D eigenvalue weighted by atomic mass is 10.2. The molecule has 0 aliphatic rings. The Morgan fingerprint density at radius 2 is 2.29 bits per heavy atom. The fourth-order valence-electron chi connectivity index (χ4n) is 1.53. The molecule has 0 atom stereocenters. The Morgan fingerprint density at radius 1 is 1.53 bits per heavy atom. The van der Waals surface area contributed by atoms with Gasteiger partial charge in [0.1, 0.15) is 5.82 Å². The second-order valence-corrected chi connectivity index (χ2v) is 4.79. The molecule has 0 fully saturated rings. The van der Waals surface area contributed by atoms with Gasteiger partial charge in [-0.05, 0) is 6.07 Å². The molecule has 6 heteroatoms. The molecule has 0 unspecified atom stereocenters. The Labute approximate surface area is 108 Å². The predicted molar refractivity (Wildman–Crippen MR) is 70.0 cm³/mol. The van der Waals surface area contributed by atoms with Gasteiger partial charge in [-0.3, -0.25) is 0 Å². The van der Waals surface area contributed by atoms with E-state index >= 15 is 0 Å². The van der Waals surface area contributed by atoms with E-state index in [4.69, 9.17) is 17.3 Å². The summed E-state index contributed by atoms with van der Waals surface area (Å²) in [6.45, 7) is 0.607. The van der Waals surface area contributed by atoms with Gasteiger partial charge in [-0.1, -0.05) is 11.6 Å². The maximum Gasteiger partial charge on any atom is 0.143 e. The average molecular weight is 272 g/mol. The van der Waals surface area contributed by atoms with Gasteiger partial charge in [-0.25, -0.2) is 9.37 Å². The van der Waals surface area contributed by atoms with Crippen molar-refractivity contribution in [1.82, 2.24) is 4.98 Å². The van der Waals surface area contributed by atoms with Crippen LogP contribution in [0.15, 0.2) is 23.0 Å². The number of benzene rings is 1. The molecule has 0 saturated heterocycles.